The van der Waals surface area contributed by atoms with Crippen molar-refractivity contribution in [1.29, 1.82) is 0 Å². The Morgan fingerprint density at radius 3 is 2.26 bits per heavy atom. The number of H-pyrrole nitrogens is 1. The number of carboxylic acids is 1. The molecule has 2 aromatic carbocycles. The van der Waals surface area contributed by atoms with Gasteiger partial charge in [-0.05, 0) is 63.4 Å². The fourth-order valence-corrected chi connectivity index (χ4v) is 3.70. The van der Waals surface area contributed by atoms with Crippen molar-refractivity contribution < 1.29 is 19.5 Å². The Kier molecular flexibility index (Phi) is 8.63. The minimum absolute atomic E-state index is 0.133. The number of amides is 1. The highest BCUT2D eigenvalue weighted by Crippen LogP contribution is 2.19. The van der Waals surface area contributed by atoms with Crippen LogP contribution in [0.2, 0.25) is 0 Å². The van der Waals surface area contributed by atoms with Crippen LogP contribution in [0.5, 0.6) is 0 Å². The molecule has 1 saturated heterocycles. The Morgan fingerprint density at radius 1 is 1.03 bits per heavy atom. The fourth-order valence-electron chi connectivity index (χ4n) is 3.70. The lowest BCUT2D eigenvalue weighted by atomic mass is 9.96. The van der Waals surface area contributed by atoms with Gasteiger partial charge in [-0.25, -0.2) is 4.98 Å². The molecule has 0 aliphatic carbocycles. The number of piperidine rings is 1. The van der Waals surface area contributed by atoms with Gasteiger partial charge in [-0.15, -0.1) is 0 Å². The Hall–Kier alpha value is -4.11. The van der Waals surface area contributed by atoms with Crippen LogP contribution < -0.4 is 10.9 Å². The Bertz CT molecular complexity index is 1290. The zero-order valence-corrected chi connectivity index (χ0v) is 19.7. The molecule has 2 heterocycles. The number of carbonyl (C=O) groups is 3. The van der Waals surface area contributed by atoms with Crippen molar-refractivity contribution in [2.75, 3.05) is 27.2 Å². The number of para-hydroxylation sites is 2. The van der Waals surface area contributed by atoms with E-state index in [2.05, 4.69) is 15.3 Å². The molecule has 0 saturated carbocycles. The number of carboxylic acid groups (broad SMARTS) is 1. The second kappa shape index (κ2) is 11.8. The second-order valence-electron chi connectivity index (χ2n) is 8.15. The first-order valence-electron chi connectivity index (χ1n) is 11.3. The van der Waals surface area contributed by atoms with Crippen LogP contribution in [0, 0.1) is 5.92 Å². The van der Waals surface area contributed by atoms with Crippen molar-refractivity contribution in [3.8, 4) is 0 Å². The van der Waals surface area contributed by atoms with Gasteiger partial charge in [0.05, 0.1) is 17.0 Å². The minimum atomic E-state index is -0.825. The van der Waals surface area contributed by atoms with Crippen LogP contribution >= 0.6 is 0 Å². The molecule has 9 nitrogen and oxygen atoms in total. The van der Waals surface area contributed by atoms with Gasteiger partial charge in [0.25, 0.3) is 11.5 Å². The number of nitrogens with one attached hydrogen (secondary N) is 2. The van der Waals surface area contributed by atoms with Crippen molar-refractivity contribution in [2.24, 2.45) is 5.92 Å². The van der Waals surface area contributed by atoms with Crippen molar-refractivity contribution in [1.82, 2.24) is 20.2 Å². The van der Waals surface area contributed by atoms with E-state index in [4.69, 9.17) is 5.11 Å². The molecule has 3 N–H and O–H groups in total. The maximum Gasteiger partial charge on any atom is 0.306 e. The number of aromatic nitrogens is 2. The minimum Gasteiger partial charge on any atom is -0.481 e. The van der Waals surface area contributed by atoms with Gasteiger partial charge in [-0.2, -0.15) is 0 Å². The maximum absolute atomic E-state index is 12.6. The molecule has 1 fully saturated rings. The SMILES string of the molecule is CNC.O=C(/C=C/c1nc2ccccc2[nH]c1=O)c1ccc(C(=O)N2CCC(C(=O)O)CC2)cc1. The summed E-state index contributed by atoms with van der Waals surface area (Å²) in [6.45, 7) is 0.791. The van der Waals surface area contributed by atoms with Crippen LogP contribution in [0.1, 0.15) is 39.3 Å². The van der Waals surface area contributed by atoms with Gasteiger partial charge in [0.1, 0.15) is 5.69 Å². The number of hydrogen-bond donors (Lipinski definition) is 3. The molecule has 3 aromatic rings. The van der Waals surface area contributed by atoms with Crippen LogP contribution in [0.25, 0.3) is 17.1 Å². The highest BCUT2D eigenvalue weighted by Gasteiger charge is 2.27. The summed E-state index contributed by atoms with van der Waals surface area (Å²) in [6.07, 6.45) is 3.52. The summed E-state index contributed by atoms with van der Waals surface area (Å²) in [5, 5.41) is 11.8. The number of fused-ring (bicyclic) bond motifs is 1. The number of carbonyl (C=O) groups excluding carboxylic acids is 2. The molecule has 1 amide bonds. The third kappa shape index (κ3) is 6.48. The number of rotatable bonds is 5. The lowest BCUT2D eigenvalue weighted by Gasteiger charge is -2.30. The van der Waals surface area contributed by atoms with Crippen LogP contribution in [0.15, 0.2) is 59.4 Å². The van der Waals surface area contributed by atoms with Crippen molar-refractivity contribution >= 4 is 34.8 Å². The summed E-state index contributed by atoms with van der Waals surface area (Å²) in [6, 6.07) is 13.4. The normalized spacial score (nSPS) is 13.9. The smallest absolute Gasteiger partial charge is 0.306 e. The topological polar surface area (TPSA) is 132 Å². The number of allylic oxidation sites excluding steroid dienone is 1. The largest absolute Gasteiger partial charge is 0.481 e. The van der Waals surface area contributed by atoms with Crippen molar-refractivity contribution in [2.45, 2.75) is 12.8 Å². The number of benzene rings is 2. The molecule has 0 spiro atoms. The first-order chi connectivity index (χ1) is 16.8. The highest BCUT2D eigenvalue weighted by atomic mass is 16.4. The summed E-state index contributed by atoms with van der Waals surface area (Å²) >= 11 is 0. The molecular formula is C26H28N4O5. The van der Waals surface area contributed by atoms with Crippen LogP contribution in [0.3, 0.4) is 0 Å². The Morgan fingerprint density at radius 2 is 1.63 bits per heavy atom. The third-order valence-corrected chi connectivity index (χ3v) is 5.57. The molecule has 9 heteroatoms. The number of nitrogens with zero attached hydrogens (tertiary/aromatic N) is 2. The third-order valence-electron chi connectivity index (χ3n) is 5.57. The quantitative estimate of drug-likeness (QED) is 0.381. The average molecular weight is 477 g/mol. The van der Waals surface area contributed by atoms with Crippen LogP contribution in [-0.4, -0.2) is 64.8 Å². The highest BCUT2D eigenvalue weighted by molar-refractivity contribution is 6.07. The predicted octanol–water partition coefficient (Wildman–Crippen LogP) is 2.59. The summed E-state index contributed by atoms with van der Waals surface area (Å²) in [7, 11) is 3.75. The van der Waals surface area contributed by atoms with E-state index < -0.39 is 11.9 Å². The van der Waals surface area contributed by atoms with Gasteiger partial charge < -0.3 is 20.3 Å². The lowest BCUT2D eigenvalue weighted by molar-refractivity contribution is -0.143. The van der Waals surface area contributed by atoms with Crippen LogP contribution in [-0.2, 0) is 4.79 Å². The number of hydrogen-bond acceptors (Lipinski definition) is 6. The molecule has 182 valence electrons. The first-order valence-corrected chi connectivity index (χ1v) is 11.3. The van der Waals surface area contributed by atoms with E-state index >= 15 is 0 Å². The van der Waals surface area contributed by atoms with E-state index in [1.54, 1.807) is 47.4 Å². The Labute approximate surface area is 202 Å². The molecule has 4 rings (SSSR count). The van der Waals surface area contributed by atoms with Gasteiger partial charge >= 0.3 is 5.97 Å². The standard InChI is InChI=1S/C24H21N3O5.C2H7N/c28-21(10-9-20-22(29)26-19-4-2-1-3-18(19)25-20)15-5-7-16(8-6-15)23(30)27-13-11-17(12-14-27)24(31)32;1-3-2/h1-10,17H,11-14H2,(H,26,29)(H,31,32);3H,1-2H3/b10-9+;. The first kappa shape index (κ1) is 25.5. The predicted molar refractivity (Wildman–Crippen MR) is 133 cm³/mol. The van der Waals surface area contributed by atoms with Crippen molar-refractivity contribution in [3.05, 3.63) is 81.8 Å². The Balaban J connectivity index is 0.00000108. The number of aliphatic carboxylic acids is 1. The van der Waals surface area contributed by atoms with E-state index in [1.807, 2.05) is 20.2 Å². The van der Waals surface area contributed by atoms with E-state index in [-0.39, 0.29) is 22.9 Å². The van der Waals surface area contributed by atoms with Gasteiger partial charge in [0.2, 0.25) is 0 Å². The van der Waals surface area contributed by atoms with Gasteiger partial charge in [-0.3, -0.25) is 19.2 Å². The number of likely N-dealkylation sites (tertiary alicyclic amines) is 1. The summed E-state index contributed by atoms with van der Waals surface area (Å²) in [4.78, 5) is 57.0. The maximum atomic E-state index is 12.6. The molecule has 35 heavy (non-hydrogen) atoms. The van der Waals surface area contributed by atoms with Gasteiger partial charge in [-0.1, -0.05) is 24.3 Å². The van der Waals surface area contributed by atoms with Gasteiger partial charge in [0, 0.05) is 24.2 Å². The molecule has 1 aliphatic heterocycles. The molecule has 0 radical (unpaired) electrons. The van der Waals surface area contributed by atoms with E-state index in [9.17, 15) is 19.2 Å². The summed E-state index contributed by atoms with van der Waals surface area (Å²) in [5.41, 5.74) is 1.79. The number of ketones is 1. The van der Waals surface area contributed by atoms with E-state index in [0.29, 0.717) is 48.1 Å². The summed E-state index contributed by atoms with van der Waals surface area (Å²) in [5.74, 6) is -1.74. The average Bonchev–Trinajstić information content (AvgIpc) is 2.87. The van der Waals surface area contributed by atoms with E-state index in [1.165, 1.54) is 12.2 Å². The van der Waals surface area contributed by atoms with Crippen molar-refractivity contribution in [3.63, 3.8) is 0 Å². The van der Waals surface area contributed by atoms with E-state index in [0.717, 1.165) is 0 Å². The molecule has 1 aromatic heterocycles. The fraction of sp³-hybridized carbons (Fsp3) is 0.269. The number of aromatic amines is 1. The second-order valence-corrected chi connectivity index (χ2v) is 8.15. The molecule has 1 aliphatic rings. The molecular weight excluding hydrogens is 448 g/mol. The molecule has 0 unspecified atom stereocenters. The zero-order chi connectivity index (χ0) is 25.4. The van der Waals surface area contributed by atoms with Crippen LogP contribution in [0.4, 0.5) is 0 Å². The van der Waals surface area contributed by atoms with Gasteiger partial charge in [0.15, 0.2) is 5.78 Å². The lowest BCUT2D eigenvalue weighted by Crippen LogP contribution is -2.40. The zero-order valence-electron chi connectivity index (χ0n) is 19.7. The molecule has 0 bridgehead atoms. The monoisotopic (exact) mass is 476 g/mol. The molecule has 0 atom stereocenters. The summed E-state index contributed by atoms with van der Waals surface area (Å²) < 4.78 is 0.